The van der Waals surface area contributed by atoms with Gasteiger partial charge in [-0.15, -0.1) is 0 Å². The van der Waals surface area contributed by atoms with Gasteiger partial charge in [0.1, 0.15) is 5.15 Å². The summed E-state index contributed by atoms with van der Waals surface area (Å²) in [5.41, 5.74) is 2.10. The summed E-state index contributed by atoms with van der Waals surface area (Å²) in [6.07, 6.45) is 6.40. The van der Waals surface area contributed by atoms with E-state index < -0.39 is 0 Å². The lowest BCUT2D eigenvalue weighted by Gasteiger charge is -2.22. The van der Waals surface area contributed by atoms with Crippen molar-refractivity contribution in [1.82, 2.24) is 15.3 Å². The summed E-state index contributed by atoms with van der Waals surface area (Å²) in [5.74, 6) is 0.698. The summed E-state index contributed by atoms with van der Waals surface area (Å²) >= 11 is 6.16. The van der Waals surface area contributed by atoms with Gasteiger partial charge in [-0.3, -0.25) is 0 Å². The first-order valence-corrected chi connectivity index (χ1v) is 6.73. The van der Waals surface area contributed by atoms with E-state index >= 15 is 0 Å². The maximum absolute atomic E-state index is 6.16. The number of halogens is 1. The second-order valence-electron chi connectivity index (χ2n) is 4.85. The molecule has 0 amide bonds. The van der Waals surface area contributed by atoms with Crippen LogP contribution in [-0.4, -0.2) is 16.0 Å². The normalized spacial score (nSPS) is 20.3. The predicted molar refractivity (Wildman–Crippen MR) is 68.1 cm³/mol. The van der Waals surface area contributed by atoms with Gasteiger partial charge in [-0.2, -0.15) is 0 Å². The van der Waals surface area contributed by atoms with E-state index in [-0.39, 0.29) is 0 Å². The lowest BCUT2D eigenvalue weighted by atomic mass is 9.96. The Morgan fingerprint density at radius 2 is 1.94 bits per heavy atom. The third-order valence-corrected chi connectivity index (χ3v) is 3.89. The Labute approximate surface area is 106 Å². The van der Waals surface area contributed by atoms with E-state index in [1.807, 2.05) is 0 Å². The van der Waals surface area contributed by atoms with E-state index in [4.69, 9.17) is 11.6 Å². The summed E-state index contributed by atoms with van der Waals surface area (Å²) in [4.78, 5) is 8.88. The minimum absolute atomic E-state index is 0.521. The molecule has 0 saturated heterocycles. The summed E-state index contributed by atoms with van der Waals surface area (Å²) in [5, 5.41) is 7.26. The van der Waals surface area contributed by atoms with Crippen molar-refractivity contribution >= 4 is 17.5 Å². The minimum Gasteiger partial charge on any atom is -0.351 e. The first-order valence-electron chi connectivity index (χ1n) is 6.35. The molecule has 2 aliphatic rings. The fourth-order valence-corrected chi connectivity index (χ4v) is 2.88. The number of aromatic nitrogens is 2. The van der Waals surface area contributed by atoms with E-state index in [2.05, 4.69) is 20.6 Å². The largest absolute Gasteiger partial charge is 0.351 e. The van der Waals surface area contributed by atoms with Gasteiger partial charge in [0.25, 0.3) is 0 Å². The van der Waals surface area contributed by atoms with Gasteiger partial charge >= 0.3 is 0 Å². The van der Waals surface area contributed by atoms with Crippen LogP contribution in [0.5, 0.6) is 0 Å². The van der Waals surface area contributed by atoms with Crippen molar-refractivity contribution in [3.05, 3.63) is 16.4 Å². The number of hydrogen-bond donors (Lipinski definition) is 2. The van der Waals surface area contributed by atoms with Gasteiger partial charge in [-0.05, 0) is 12.8 Å². The van der Waals surface area contributed by atoms with Crippen molar-refractivity contribution in [2.24, 2.45) is 0 Å². The molecular weight excluding hydrogens is 236 g/mol. The Morgan fingerprint density at radius 1 is 1.12 bits per heavy atom. The molecule has 92 valence electrons. The number of nitrogens with one attached hydrogen (secondary N) is 2. The van der Waals surface area contributed by atoms with E-state index in [1.165, 1.54) is 32.1 Å². The van der Waals surface area contributed by atoms with Crippen molar-refractivity contribution in [2.45, 2.75) is 51.2 Å². The van der Waals surface area contributed by atoms with E-state index in [9.17, 15) is 0 Å². The van der Waals surface area contributed by atoms with Crippen LogP contribution >= 0.6 is 11.6 Å². The number of hydrogen-bond acceptors (Lipinski definition) is 4. The van der Waals surface area contributed by atoms with Gasteiger partial charge < -0.3 is 10.6 Å². The zero-order valence-corrected chi connectivity index (χ0v) is 10.6. The van der Waals surface area contributed by atoms with Gasteiger partial charge in [-0.25, -0.2) is 9.97 Å². The van der Waals surface area contributed by atoms with Crippen LogP contribution in [0.25, 0.3) is 0 Å². The van der Waals surface area contributed by atoms with Crippen molar-refractivity contribution in [3.8, 4) is 0 Å². The molecule has 1 aliphatic heterocycles. The number of rotatable bonds is 2. The molecule has 4 nitrogen and oxygen atoms in total. The van der Waals surface area contributed by atoms with E-state index in [0.717, 1.165) is 24.3 Å². The molecule has 1 fully saturated rings. The SMILES string of the molecule is Clc1nc(NC2CCCCC2)nc2c1CNC2. The maximum Gasteiger partial charge on any atom is 0.224 e. The molecule has 2 heterocycles. The maximum atomic E-state index is 6.16. The first kappa shape index (κ1) is 11.2. The Hall–Kier alpha value is -0.870. The highest BCUT2D eigenvalue weighted by Gasteiger charge is 2.19. The molecule has 1 aliphatic carbocycles. The highest BCUT2D eigenvalue weighted by atomic mass is 35.5. The molecule has 5 heteroatoms. The van der Waals surface area contributed by atoms with Crippen molar-refractivity contribution < 1.29 is 0 Å². The second-order valence-corrected chi connectivity index (χ2v) is 5.20. The van der Waals surface area contributed by atoms with E-state index in [0.29, 0.717) is 17.1 Å². The molecule has 0 spiro atoms. The average molecular weight is 253 g/mol. The van der Waals surface area contributed by atoms with Gasteiger partial charge in [0.15, 0.2) is 0 Å². The van der Waals surface area contributed by atoms with Gasteiger partial charge in [0.05, 0.1) is 5.69 Å². The van der Waals surface area contributed by atoms with Crippen LogP contribution in [0.4, 0.5) is 5.95 Å². The zero-order valence-electron chi connectivity index (χ0n) is 9.80. The molecule has 1 aromatic heterocycles. The Morgan fingerprint density at radius 3 is 2.76 bits per heavy atom. The van der Waals surface area contributed by atoms with Crippen LogP contribution in [-0.2, 0) is 13.1 Å². The fraction of sp³-hybridized carbons (Fsp3) is 0.667. The Bertz CT molecular complexity index is 415. The van der Waals surface area contributed by atoms with Crippen LogP contribution in [0, 0.1) is 0 Å². The highest BCUT2D eigenvalue weighted by Crippen LogP contribution is 2.25. The van der Waals surface area contributed by atoms with Crippen molar-refractivity contribution in [2.75, 3.05) is 5.32 Å². The lowest BCUT2D eigenvalue weighted by Crippen LogP contribution is -2.23. The van der Waals surface area contributed by atoms with Gasteiger partial charge in [-0.1, -0.05) is 30.9 Å². The Balaban J connectivity index is 1.76. The predicted octanol–water partition coefficient (Wildman–Crippen LogP) is 2.48. The number of anilines is 1. The molecule has 0 aromatic carbocycles. The molecule has 0 atom stereocenters. The number of fused-ring (bicyclic) bond motifs is 1. The van der Waals surface area contributed by atoms with Crippen LogP contribution in [0.2, 0.25) is 5.15 Å². The molecule has 1 aromatic rings. The third kappa shape index (κ3) is 2.38. The first-order chi connectivity index (χ1) is 8.33. The fourth-order valence-electron chi connectivity index (χ4n) is 2.62. The highest BCUT2D eigenvalue weighted by molar-refractivity contribution is 6.30. The molecule has 0 bridgehead atoms. The lowest BCUT2D eigenvalue weighted by molar-refractivity contribution is 0.460. The summed E-state index contributed by atoms with van der Waals surface area (Å²) in [6.45, 7) is 1.59. The third-order valence-electron chi connectivity index (χ3n) is 3.57. The van der Waals surface area contributed by atoms with Crippen LogP contribution < -0.4 is 10.6 Å². The van der Waals surface area contributed by atoms with Crippen LogP contribution in [0.1, 0.15) is 43.4 Å². The monoisotopic (exact) mass is 252 g/mol. The van der Waals surface area contributed by atoms with Crippen molar-refractivity contribution in [3.63, 3.8) is 0 Å². The average Bonchev–Trinajstić information content (AvgIpc) is 2.79. The molecular formula is C12H17ClN4. The summed E-state index contributed by atoms with van der Waals surface area (Å²) in [6, 6.07) is 0.521. The summed E-state index contributed by atoms with van der Waals surface area (Å²) in [7, 11) is 0. The zero-order chi connectivity index (χ0) is 11.7. The van der Waals surface area contributed by atoms with Gasteiger partial charge in [0, 0.05) is 24.7 Å². The summed E-state index contributed by atoms with van der Waals surface area (Å²) < 4.78 is 0. The minimum atomic E-state index is 0.521. The van der Waals surface area contributed by atoms with Crippen LogP contribution in [0.15, 0.2) is 0 Å². The number of nitrogens with zero attached hydrogens (tertiary/aromatic N) is 2. The van der Waals surface area contributed by atoms with Crippen LogP contribution in [0.3, 0.4) is 0 Å². The standard InChI is InChI=1S/C12H17ClN4/c13-11-9-6-14-7-10(9)16-12(17-11)15-8-4-2-1-3-5-8/h8,14H,1-7H2,(H,15,16,17). The van der Waals surface area contributed by atoms with Gasteiger partial charge in [0.2, 0.25) is 5.95 Å². The van der Waals surface area contributed by atoms with E-state index in [1.54, 1.807) is 0 Å². The topological polar surface area (TPSA) is 49.8 Å². The quantitative estimate of drug-likeness (QED) is 0.794. The molecule has 3 rings (SSSR count). The molecule has 17 heavy (non-hydrogen) atoms. The molecule has 0 radical (unpaired) electrons. The smallest absolute Gasteiger partial charge is 0.224 e. The molecule has 2 N–H and O–H groups in total. The molecule has 1 saturated carbocycles. The van der Waals surface area contributed by atoms with Crippen molar-refractivity contribution in [1.29, 1.82) is 0 Å². The second kappa shape index (κ2) is 4.78. The Kier molecular flexibility index (Phi) is 3.16. The molecule has 0 unspecified atom stereocenters.